The topological polar surface area (TPSA) is 23.6 Å². The van der Waals surface area contributed by atoms with E-state index < -0.39 is 11.7 Å². The molecule has 3 nitrogen and oxygen atoms in total. The maximum atomic E-state index is 13.3. The zero-order chi connectivity index (χ0) is 21.3. The number of halogens is 3. The first-order chi connectivity index (χ1) is 14.3. The molecule has 2 aliphatic rings. The summed E-state index contributed by atoms with van der Waals surface area (Å²) in [7, 11) is 0. The third-order valence-electron chi connectivity index (χ3n) is 6.33. The molecule has 6 heteroatoms. The minimum absolute atomic E-state index is 0.0420. The number of carbonyl (C=O) groups excluding carboxylic acids is 1. The molecule has 2 aliphatic heterocycles. The molecular formula is C24H27F3N2O. The first-order valence-electron chi connectivity index (χ1n) is 10.6. The Hall–Kier alpha value is -2.34. The Kier molecular flexibility index (Phi) is 5.87. The molecule has 2 atom stereocenters. The van der Waals surface area contributed by atoms with Crippen LogP contribution in [0.1, 0.15) is 45.8 Å². The lowest BCUT2D eigenvalue weighted by Crippen LogP contribution is -2.32. The molecule has 160 valence electrons. The van der Waals surface area contributed by atoms with Crippen molar-refractivity contribution >= 4 is 5.91 Å². The maximum absolute atomic E-state index is 13.3. The predicted molar refractivity (Wildman–Crippen MR) is 110 cm³/mol. The highest BCUT2D eigenvalue weighted by atomic mass is 19.4. The van der Waals surface area contributed by atoms with Crippen LogP contribution in [0.4, 0.5) is 13.2 Å². The minimum atomic E-state index is -4.36. The van der Waals surface area contributed by atoms with Gasteiger partial charge in [0.1, 0.15) is 0 Å². The van der Waals surface area contributed by atoms with Gasteiger partial charge in [-0.15, -0.1) is 0 Å². The molecule has 2 aromatic rings. The summed E-state index contributed by atoms with van der Waals surface area (Å²) < 4.78 is 39.8. The van der Waals surface area contributed by atoms with Crippen molar-refractivity contribution in [2.45, 2.75) is 31.9 Å². The van der Waals surface area contributed by atoms with E-state index in [1.165, 1.54) is 12.1 Å². The maximum Gasteiger partial charge on any atom is 0.416 e. The number of likely N-dealkylation sites (tertiary alicyclic amines) is 2. The van der Waals surface area contributed by atoms with Crippen molar-refractivity contribution in [2.24, 2.45) is 5.92 Å². The third-order valence-corrected chi connectivity index (χ3v) is 6.33. The number of amides is 1. The molecule has 2 fully saturated rings. The number of hydrogen-bond acceptors (Lipinski definition) is 2. The first kappa shape index (κ1) is 20.9. The number of aryl methyl sites for hydroxylation is 1. The van der Waals surface area contributed by atoms with Gasteiger partial charge in [-0.25, -0.2) is 0 Å². The minimum Gasteiger partial charge on any atom is -0.338 e. The first-order valence-corrected chi connectivity index (χ1v) is 10.6. The van der Waals surface area contributed by atoms with Crippen LogP contribution in [0.5, 0.6) is 0 Å². The average Bonchev–Trinajstić information content (AvgIpc) is 3.37. The van der Waals surface area contributed by atoms with Crippen LogP contribution in [0.3, 0.4) is 0 Å². The lowest BCUT2D eigenvalue weighted by molar-refractivity contribution is -0.137. The molecule has 2 heterocycles. The van der Waals surface area contributed by atoms with Crippen molar-refractivity contribution in [3.05, 3.63) is 70.8 Å². The Morgan fingerprint density at radius 1 is 1.03 bits per heavy atom. The lowest BCUT2D eigenvalue weighted by Gasteiger charge is -2.24. The number of nitrogens with zero attached hydrogens (tertiary/aromatic N) is 2. The molecule has 0 aromatic heterocycles. The molecule has 4 rings (SSSR count). The van der Waals surface area contributed by atoms with E-state index in [1.54, 1.807) is 6.07 Å². The molecule has 1 amide bonds. The monoisotopic (exact) mass is 416 g/mol. The fourth-order valence-electron chi connectivity index (χ4n) is 4.80. The van der Waals surface area contributed by atoms with Crippen LogP contribution < -0.4 is 0 Å². The number of benzene rings is 2. The van der Waals surface area contributed by atoms with E-state index in [0.29, 0.717) is 24.2 Å². The van der Waals surface area contributed by atoms with Gasteiger partial charge in [0.25, 0.3) is 5.91 Å². The zero-order valence-electron chi connectivity index (χ0n) is 17.2. The molecule has 0 bridgehead atoms. The molecule has 30 heavy (non-hydrogen) atoms. The summed E-state index contributed by atoms with van der Waals surface area (Å²) in [6.45, 7) is 5.84. The van der Waals surface area contributed by atoms with Crippen LogP contribution in [0.25, 0.3) is 0 Å². The molecule has 0 N–H and O–H groups in total. The van der Waals surface area contributed by atoms with Crippen molar-refractivity contribution in [3.8, 4) is 0 Å². The van der Waals surface area contributed by atoms with Crippen LogP contribution in [0.2, 0.25) is 0 Å². The largest absolute Gasteiger partial charge is 0.416 e. The van der Waals surface area contributed by atoms with E-state index >= 15 is 0 Å². The summed E-state index contributed by atoms with van der Waals surface area (Å²) in [4.78, 5) is 17.3. The van der Waals surface area contributed by atoms with Gasteiger partial charge in [0.2, 0.25) is 0 Å². The second-order valence-corrected chi connectivity index (χ2v) is 8.58. The quantitative estimate of drug-likeness (QED) is 0.703. The van der Waals surface area contributed by atoms with E-state index in [-0.39, 0.29) is 17.7 Å². The predicted octanol–water partition coefficient (Wildman–Crippen LogP) is 4.97. The number of hydrogen-bond donors (Lipinski definition) is 0. The summed E-state index contributed by atoms with van der Waals surface area (Å²) in [5.41, 5.74) is 1.71. The van der Waals surface area contributed by atoms with Crippen LogP contribution >= 0.6 is 0 Å². The Bertz CT molecular complexity index is 905. The van der Waals surface area contributed by atoms with E-state index in [0.717, 1.165) is 44.1 Å². The van der Waals surface area contributed by atoms with Gasteiger partial charge in [-0.2, -0.15) is 13.2 Å². The molecule has 0 aliphatic carbocycles. The van der Waals surface area contributed by atoms with Crippen molar-refractivity contribution in [2.75, 3.05) is 32.7 Å². The number of carbonyl (C=O) groups is 1. The summed E-state index contributed by atoms with van der Waals surface area (Å²) in [6, 6.07) is 13.1. The van der Waals surface area contributed by atoms with Gasteiger partial charge in [-0.05, 0) is 62.5 Å². The van der Waals surface area contributed by atoms with Gasteiger partial charge in [-0.1, -0.05) is 35.9 Å². The fourth-order valence-corrected chi connectivity index (χ4v) is 4.80. The highest BCUT2D eigenvalue weighted by Gasteiger charge is 2.39. The Balaban J connectivity index is 1.60. The SMILES string of the molecule is Cc1cccc(C(=O)N2C[C@@H](CN3CCCC3)[C@H](c3cccc(C(F)(F)F)c3)C2)c1. The van der Waals surface area contributed by atoms with Crippen LogP contribution in [-0.2, 0) is 6.18 Å². The van der Waals surface area contributed by atoms with E-state index in [2.05, 4.69) is 4.90 Å². The Morgan fingerprint density at radius 3 is 2.47 bits per heavy atom. The van der Waals surface area contributed by atoms with E-state index in [9.17, 15) is 18.0 Å². The molecule has 2 saturated heterocycles. The van der Waals surface area contributed by atoms with Gasteiger partial charge >= 0.3 is 6.18 Å². The Morgan fingerprint density at radius 2 is 1.77 bits per heavy atom. The summed E-state index contributed by atoms with van der Waals surface area (Å²) in [5, 5.41) is 0. The fraction of sp³-hybridized carbons (Fsp3) is 0.458. The van der Waals surface area contributed by atoms with Gasteiger partial charge in [0.15, 0.2) is 0 Å². The van der Waals surface area contributed by atoms with Crippen molar-refractivity contribution < 1.29 is 18.0 Å². The van der Waals surface area contributed by atoms with Crippen LogP contribution in [0, 0.1) is 12.8 Å². The van der Waals surface area contributed by atoms with Gasteiger partial charge in [-0.3, -0.25) is 4.79 Å². The molecule has 0 spiro atoms. The Labute approximate surface area is 175 Å². The van der Waals surface area contributed by atoms with Crippen molar-refractivity contribution in [3.63, 3.8) is 0 Å². The lowest BCUT2D eigenvalue weighted by atomic mass is 9.87. The zero-order valence-corrected chi connectivity index (χ0v) is 17.2. The smallest absolute Gasteiger partial charge is 0.338 e. The second-order valence-electron chi connectivity index (χ2n) is 8.58. The normalized spacial score (nSPS) is 22.6. The molecule has 0 radical (unpaired) electrons. The average molecular weight is 416 g/mol. The summed E-state index contributed by atoms with van der Waals surface area (Å²) in [6.07, 6.45) is -2.05. The second kappa shape index (κ2) is 8.42. The molecule has 0 unspecified atom stereocenters. The number of rotatable bonds is 4. The van der Waals surface area contributed by atoms with Gasteiger partial charge in [0, 0.05) is 31.1 Å². The van der Waals surface area contributed by atoms with E-state index in [1.807, 2.05) is 36.1 Å². The van der Waals surface area contributed by atoms with Gasteiger partial charge < -0.3 is 9.80 Å². The summed E-state index contributed by atoms with van der Waals surface area (Å²) in [5.74, 6) is -0.0124. The summed E-state index contributed by atoms with van der Waals surface area (Å²) >= 11 is 0. The standard InChI is InChI=1S/C24H27F3N2O/c1-17-6-4-8-19(12-17)23(30)29-15-20(14-28-10-2-3-11-28)22(16-29)18-7-5-9-21(13-18)24(25,26)27/h4-9,12-13,20,22H,2-3,10-11,14-16H2,1H3/t20-,22+/m1/s1. The third kappa shape index (κ3) is 4.53. The van der Waals surface area contributed by atoms with Crippen molar-refractivity contribution in [1.29, 1.82) is 0 Å². The van der Waals surface area contributed by atoms with Gasteiger partial charge in [0.05, 0.1) is 5.56 Å². The molecule has 0 saturated carbocycles. The van der Waals surface area contributed by atoms with Crippen molar-refractivity contribution in [1.82, 2.24) is 9.80 Å². The molecule has 2 aromatic carbocycles. The molecular weight excluding hydrogens is 389 g/mol. The van der Waals surface area contributed by atoms with Crippen LogP contribution in [-0.4, -0.2) is 48.4 Å². The van der Waals surface area contributed by atoms with Crippen LogP contribution in [0.15, 0.2) is 48.5 Å². The van der Waals surface area contributed by atoms with E-state index in [4.69, 9.17) is 0 Å². The highest BCUT2D eigenvalue weighted by Crippen LogP contribution is 2.37. The number of alkyl halides is 3. The highest BCUT2D eigenvalue weighted by molar-refractivity contribution is 5.94.